The van der Waals surface area contributed by atoms with Crippen molar-refractivity contribution in [2.75, 3.05) is 23.3 Å². The molecule has 1 aromatic heterocycles. The molecule has 0 saturated heterocycles. The Bertz CT molecular complexity index is 569. The largest absolute Gasteiger partial charge is 0.354 e. The lowest BCUT2D eigenvalue weighted by molar-refractivity contribution is 0.627. The Balaban J connectivity index is 2.40. The van der Waals surface area contributed by atoms with Gasteiger partial charge in [0.1, 0.15) is 11.6 Å². The summed E-state index contributed by atoms with van der Waals surface area (Å²) in [6.07, 6.45) is 1.80. The molecule has 0 aliphatic heterocycles. The predicted octanol–water partition coefficient (Wildman–Crippen LogP) is 3.51. The van der Waals surface area contributed by atoms with Gasteiger partial charge in [0, 0.05) is 30.5 Å². The van der Waals surface area contributed by atoms with Crippen LogP contribution in [0.1, 0.15) is 19.4 Å². The van der Waals surface area contributed by atoms with Gasteiger partial charge >= 0.3 is 0 Å². The fourth-order valence-electron chi connectivity index (χ4n) is 2.03. The molecule has 0 aliphatic rings. The fourth-order valence-corrected chi connectivity index (χ4v) is 2.03. The first-order chi connectivity index (χ1) is 9.65. The number of anilines is 3. The minimum atomic E-state index is -0.238. The topological polar surface area (TPSA) is 41.1 Å². The van der Waals surface area contributed by atoms with Gasteiger partial charge in [-0.2, -0.15) is 4.98 Å². The zero-order valence-corrected chi connectivity index (χ0v) is 12.0. The van der Waals surface area contributed by atoms with Crippen molar-refractivity contribution >= 4 is 17.5 Å². The maximum absolute atomic E-state index is 13.0. The Hall–Kier alpha value is -2.17. The van der Waals surface area contributed by atoms with Crippen LogP contribution in [0, 0.1) is 12.7 Å². The summed E-state index contributed by atoms with van der Waals surface area (Å²) in [5.74, 6) is 1.20. The predicted molar refractivity (Wildman–Crippen MR) is 80.0 cm³/mol. The van der Waals surface area contributed by atoms with E-state index in [0.29, 0.717) is 5.95 Å². The van der Waals surface area contributed by atoms with E-state index in [2.05, 4.69) is 15.3 Å². The van der Waals surface area contributed by atoms with Gasteiger partial charge in [-0.25, -0.2) is 9.37 Å². The molecule has 2 aromatic rings. The molecule has 1 heterocycles. The molecule has 106 valence electrons. The van der Waals surface area contributed by atoms with Gasteiger partial charge < -0.3 is 10.2 Å². The SMILES string of the molecule is CCNc1ncc(C)c(N(CC)c2ccc(F)cc2)n1. The van der Waals surface area contributed by atoms with Crippen LogP contribution in [0.3, 0.4) is 0 Å². The first-order valence-electron chi connectivity index (χ1n) is 6.76. The van der Waals surface area contributed by atoms with Crippen LogP contribution in [-0.2, 0) is 0 Å². The lowest BCUT2D eigenvalue weighted by Gasteiger charge is -2.24. The Morgan fingerprint density at radius 2 is 1.90 bits per heavy atom. The summed E-state index contributed by atoms with van der Waals surface area (Å²) in [6, 6.07) is 6.43. The van der Waals surface area contributed by atoms with Crippen molar-refractivity contribution in [2.45, 2.75) is 20.8 Å². The van der Waals surface area contributed by atoms with E-state index in [0.717, 1.165) is 30.2 Å². The highest BCUT2D eigenvalue weighted by Gasteiger charge is 2.13. The van der Waals surface area contributed by atoms with Crippen LogP contribution in [0.4, 0.5) is 21.8 Å². The Labute approximate surface area is 118 Å². The van der Waals surface area contributed by atoms with Gasteiger partial charge in [0.05, 0.1) is 0 Å². The maximum Gasteiger partial charge on any atom is 0.224 e. The number of nitrogens with one attached hydrogen (secondary N) is 1. The van der Waals surface area contributed by atoms with Crippen LogP contribution < -0.4 is 10.2 Å². The van der Waals surface area contributed by atoms with E-state index in [9.17, 15) is 4.39 Å². The van der Waals surface area contributed by atoms with Crippen LogP contribution >= 0.6 is 0 Å². The molecule has 0 saturated carbocycles. The van der Waals surface area contributed by atoms with Gasteiger partial charge in [-0.3, -0.25) is 0 Å². The standard InChI is InChI=1S/C15H19FN4/c1-4-17-15-18-10-11(3)14(19-15)20(5-2)13-8-6-12(16)7-9-13/h6-10H,4-5H2,1-3H3,(H,17,18,19). The molecule has 0 spiro atoms. The van der Waals surface area contributed by atoms with Gasteiger partial charge in [-0.15, -0.1) is 0 Å². The van der Waals surface area contributed by atoms with Crippen molar-refractivity contribution in [1.29, 1.82) is 0 Å². The summed E-state index contributed by atoms with van der Waals surface area (Å²) in [7, 11) is 0. The third-order valence-electron chi connectivity index (χ3n) is 2.99. The lowest BCUT2D eigenvalue weighted by atomic mass is 10.2. The molecule has 20 heavy (non-hydrogen) atoms. The van der Waals surface area contributed by atoms with Crippen LogP contribution in [0.5, 0.6) is 0 Å². The summed E-state index contributed by atoms with van der Waals surface area (Å²) in [5, 5.41) is 3.11. The second kappa shape index (κ2) is 6.32. The zero-order valence-electron chi connectivity index (χ0n) is 12.0. The van der Waals surface area contributed by atoms with Gasteiger partial charge in [0.2, 0.25) is 5.95 Å². The maximum atomic E-state index is 13.0. The quantitative estimate of drug-likeness (QED) is 0.905. The number of hydrogen-bond donors (Lipinski definition) is 1. The second-order valence-electron chi connectivity index (χ2n) is 4.45. The molecule has 1 N–H and O–H groups in total. The number of benzene rings is 1. The van der Waals surface area contributed by atoms with Gasteiger partial charge in [-0.1, -0.05) is 0 Å². The highest BCUT2D eigenvalue weighted by atomic mass is 19.1. The van der Waals surface area contributed by atoms with Gasteiger partial charge in [0.25, 0.3) is 0 Å². The molecule has 0 aliphatic carbocycles. The van der Waals surface area contributed by atoms with E-state index in [1.165, 1.54) is 12.1 Å². The van der Waals surface area contributed by atoms with E-state index in [-0.39, 0.29) is 5.82 Å². The molecule has 0 radical (unpaired) electrons. The molecule has 0 unspecified atom stereocenters. The fraction of sp³-hybridized carbons (Fsp3) is 0.333. The van der Waals surface area contributed by atoms with E-state index >= 15 is 0 Å². The Kier molecular flexibility index (Phi) is 4.50. The van der Waals surface area contributed by atoms with Crippen molar-refractivity contribution in [3.8, 4) is 0 Å². The first-order valence-corrected chi connectivity index (χ1v) is 6.76. The zero-order chi connectivity index (χ0) is 14.5. The molecule has 0 bridgehead atoms. The third kappa shape index (κ3) is 3.04. The van der Waals surface area contributed by atoms with Crippen LogP contribution in [0.2, 0.25) is 0 Å². The molecule has 0 fully saturated rings. The van der Waals surface area contributed by atoms with Crippen molar-refractivity contribution in [2.24, 2.45) is 0 Å². The van der Waals surface area contributed by atoms with Gasteiger partial charge in [-0.05, 0) is 45.0 Å². The third-order valence-corrected chi connectivity index (χ3v) is 2.99. The molecular weight excluding hydrogens is 255 g/mol. The smallest absolute Gasteiger partial charge is 0.224 e. The van der Waals surface area contributed by atoms with E-state index < -0.39 is 0 Å². The molecule has 0 amide bonds. The molecule has 5 heteroatoms. The monoisotopic (exact) mass is 274 g/mol. The number of halogens is 1. The Morgan fingerprint density at radius 1 is 1.20 bits per heavy atom. The van der Waals surface area contributed by atoms with E-state index in [1.807, 2.05) is 25.7 Å². The minimum Gasteiger partial charge on any atom is -0.354 e. The summed E-state index contributed by atoms with van der Waals surface area (Å²) in [5.41, 5.74) is 1.90. The first kappa shape index (κ1) is 14.2. The van der Waals surface area contributed by atoms with Crippen LogP contribution in [0.15, 0.2) is 30.5 Å². The average Bonchev–Trinajstić information content (AvgIpc) is 2.45. The molecule has 1 aromatic carbocycles. The second-order valence-corrected chi connectivity index (χ2v) is 4.45. The number of aromatic nitrogens is 2. The Morgan fingerprint density at radius 3 is 2.50 bits per heavy atom. The molecule has 2 rings (SSSR count). The van der Waals surface area contributed by atoms with Crippen molar-refractivity contribution in [3.05, 3.63) is 41.8 Å². The summed E-state index contributed by atoms with van der Waals surface area (Å²) in [6.45, 7) is 7.52. The average molecular weight is 274 g/mol. The lowest BCUT2D eigenvalue weighted by Crippen LogP contribution is -2.19. The molecular formula is C15H19FN4. The van der Waals surface area contributed by atoms with E-state index in [4.69, 9.17) is 0 Å². The summed E-state index contributed by atoms with van der Waals surface area (Å²) < 4.78 is 13.0. The number of aryl methyl sites for hydroxylation is 1. The van der Waals surface area contributed by atoms with Gasteiger partial charge in [0.15, 0.2) is 0 Å². The number of hydrogen-bond acceptors (Lipinski definition) is 4. The van der Waals surface area contributed by atoms with Crippen molar-refractivity contribution in [3.63, 3.8) is 0 Å². The highest BCUT2D eigenvalue weighted by Crippen LogP contribution is 2.26. The molecule has 0 atom stereocenters. The van der Waals surface area contributed by atoms with Crippen LogP contribution in [-0.4, -0.2) is 23.1 Å². The van der Waals surface area contributed by atoms with E-state index in [1.54, 1.807) is 18.3 Å². The number of nitrogens with zero attached hydrogens (tertiary/aromatic N) is 3. The van der Waals surface area contributed by atoms with Crippen LogP contribution in [0.25, 0.3) is 0 Å². The number of rotatable bonds is 5. The highest BCUT2D eigenvalue weighted by molar-refractivity contribution is 5.63. The normalized spacial score (nSPS) is 10.4. The molecule has 4 nitrogen and oxygen atoms in total. The van der Waals surface area contributed by atoms with Crippen molar-refractivity contribution < 1.29 is 4.39 Å². The minimum absolute atomic E-state index is 0.238. The van der Waals surface area contributed by atoms with Crippen molar-refractivity contribution in [1.82, 2.24) is 9.97 Å². The summed E-state index contributed by atoms with van der Waals surface area (Å²) >= 11 is 0. The summed E-state index contributed by atoms with van der Waals surface area (Å²) in [4.78, 5) is 10.8.